The molecule has 2 saturated heterocycles. The topological polar surface area (TPSA) is 99.4 Å². The van der Waals surface area contributed by atoms with Crippen LogP contribution in [0.15, 0.2) is 23.0 Å². The number of rotatable bonds is 5. The van der Waals surface area contributed by atoms with Crippen LogP contribution in [-0.2, 0) is 16.0 Å². The molecule has 0 radical (unpaired) electrons. The van der Waals surface area contributed by atoms with Crippen LogP contribution in [0.1, 0.15) is 41.4 Å². The minimum Gasteiger partial charge on any atom is -0.376 e. The van der Waals surface area contributed by atoms with Crippen LogP contribution in [0.25, 0.3) is 10.9 Å². The van der Waals surface area contributed by atoms with Crippen LogP contribution in [0.5, 0.6) is 0 Å². The van der Waals surface area contributed by atoms with Crippen LogP contribution in [0.3, 0.4) is 0 Å². The van der Waals surface area contributed by atoms with Crippen molar-refractivity contribution < 1.29 is 14.4 Å². The molecule has 9 nitrogen and oxygen atoms in total. The maximum Gasteiger partial charge on any atom is 0.258 e. The number of quaternary nitrogens is 1. The number of ether oxygens (including phenoxy) is 2. The number of pyridine rings is 1. The molecule has 5 rings (SSSR count). The third-order valence-electron chi connectivity index (χ3n) is 6.56. The molecule has 1 aromatic carbocycles. The second-order valence-corrected chi connectivity index (χ2v) is 8.64. The Labute approximate surface area is 180 Å². The van der Waals surface area contributed by atoms with Crippen molar-refractivity contribution in [2.75, 3.05) is 32.9 Å². The molecule has 2 atom stereocenters. The monoisotopic (exact) mass is 425 g/mol. The average Bonchev–Trinajstić information content (AvgIpc) is 3.44. The fourth-order valence-corrected chi connectivity index (χ4v) is 4.70. The van der Waals surface area contributed by atoms with Crippen LogP contribution in [0, 0.1) is 13.8 Å². The molecular formula is C22H29N6O3+. The summed E-state index contributed by atoms with van der Waals surface area (Å²) in [4.78, 5) is 17.6. The van der Waals surface area contributed by atoms with Gasteiger partial charge in [0.05, 0.1) is 31.4 Å². The molecule has 2 aromatic heterocycles. The van der Waals surface area contributed by atoms with Gasteiger partial charge in [0.2, 0.25) is 5.82 Å². The highest BCUT2D eigenvalue weighted by Crippen LogP contribution is 2.22. The zero-order valence-corrected chi connectivity index (χ0v) is 18.1. The quantitative estimate of drug-likeness (QED) is 0.611. The summed E-state index contributed by atoms with van der Waals surface area (Å²) >= 11 is 0. The van der Waals surface area contributed by atoms with E-state index in [-0.39, 0.29) is 17.7 Å². The molecule has 3 aromatic rings. The van der Waals surface area contributed by atoms with E-state index in [0.29, 0.717) is 31.1 Å². The van der Waals surface area contributed by atoms with Gasteiger partial charge >= 0.3 is 0 Å². The fourth-order valence-electron chi connectivity index (χ4n) is 4.70. The van der Waals surface area contributed by atoms with Gasteiger partial charge in [-0.05, 0) is 71.8 Å². The number of benzene rings is 1. The molecule has 2 aliphatic heterocycles. The van der Waals surface area contributed by atoms with Gasteiger partial charge < -0.3 is 19.4 Å². The smallest absolute Gasteiger partial charge is 0.258 e. The zero-order valence-electron chi connectivity index (χ0n) is 18.1. The van der Waals surface area contributed by atoms with Crippen molar-refractivity contribution in [3.63, 3.8) is 0 Å². The summed E-state index contributed by atoms with van der Waals surface area (Å²) < 4.78 is 13.2. The molecule has 2 aliphatic rings. The van der Waals surface area contributed by atoms with Crippen molar-refractivity contribution in [2.45, 2.75) is 45.4 Å². The summed E-state index contributed by atoms with van der Waals surface area (Å²) in [5.74, 6) is 0.709. The average molecular weight is 426 g/mol. The number of aryl methyl sites for hydroxylation is 2. The summed E-state index contributed by atoms with van der Waals surface area (Å²) in [5, 5.41) is 13.6. The number of nitrogens with zero attached hydrogens (tertiary/aromatic N) is 4. The van der Waals surface area contributed by atoms with E-state index in [0.717, 1.165) is 49.0 Å². The lowest BCUT2D eigenvalue weighted by atomic mass is 10.0. The van der Waals surface area contributed by atoms with Gasteiger partial charge in [-0.25, -0.2) is 4.68 Å². The lowest BCUT2D eigenvalue weighted by molar-refractivity contribution is -0.933. The number of H-pyrrole nitrogens is 1. The first kappa shape index (κ1) is 20.3. The van der Waals surface area contributed by atoms with E-state index in [1.165, 1.54) is 10.5 Å². The van der Waals surface area contributed by atoms with Gasteiger partial charge in [-0.1, -0.05) is 0 Å². The molecule has 0 spiro atoms. The maximum atomic E-state index is 13.3. The molecule has 164 valence electrons. The molecule has 9 heteroatoms. The van der Waals surface area contributed by atoms with Gasteiger partial charge in [-0.3, -0.25) is 4.79 Å². The number of morpholine rings is 1. The molecule has 0 aliphatic carbocycles. The summed E-state index contributed by atoms with van der Waals surface area (Å²) in [5.41, 5.74) is 3.81. The van der Waals surface area contributed by atoms with E-state index in [1.807, 2.05) is 16.8 Å². The van der Waals surface area contributed by atoms with Crippen LogP contribution in [0.4, 0.5) is 0 Å². The molecule has 2 fully saturated rings. The SMILES string of the molecule is Cc1cc2cc([C@@H](c3nnnn3C[C@H]3CCCO3)[NH+]3CCOCC3)c(=O)[nH]c2cc1C. The van der Waals surface area contributed by atoms with Gasteiger partial charge in [0, 0.05) is 12.1 Å². The highest BCUT2D eigenvalue weighted by atomic mass is 16.5. The summed E-state index contributed by atoms with van der Waals surface area (Å²) in [6.45, 7) is 8.43. The van der Waals surface area contributed by atoms with E-state index in [2.05, 4.69) is 40.4 Å². The first-order chi connectivity index (χ1) is 15.1. The normalized spacial score (nSPS) is 21.0. The summed E-state index contributed by atoms with van der Waals surface area (Å²) in [7, 11) is 0. The van der Waals surface area contributed by atoms with Crippen LogP contribution in [0.2, 0.25) is 0 Å². The molecule has 0 amide bonds. The third-order valence-corrected chi connectivity index (χ3v) is 6.56. The van der Waals surface area contributed by atoms with E-state index >= 15 is 0 Å². The highest BCUT2D eigenvalue weighted by Gasteiger charge is 2.35. The van der Waals surface area contributed by atoms with Crippen LogP contribution < -0.4 is 10.5 Å². The second-order valence-electron chi connectivity index (χ2n) is 8.64. The van der Waals surface area contributed by atoms with Crippen LogP contribution in [-0.4, -0.2) is 64.2 Å². The molecule has 0 bridgehead atoms. The standard InChI is InChI=1S/C22H28N6O3/c1-14-10-16-12-18(22(29)23-19(16)11-15(14)2)20(27-5-8-30-9-6-27)21-24-25-26-28(21)13-17-4-3-7-31-17/h10-12,17,20H,3-9,13H2,1-2H3,(H,23,29)/p+1/t17-,20+/m1/s1. The van der Waals surface area contributed by atoms with Gasteiger partial charge in [-0.15, -0.1) is 5.10 Å². The van der Waals surface area contributed by atoms with Gasteiger partial charge in [0.25, 0.3) is 5.56 Å². The molecule has 4 heterocycles. The number of hydrogen-bond donors (Lipinski definition) is 2. The number of tetrazole rings is 1. The van der Waals surface area contributed by atoms with E-state index in [4.69, 9.17) is 9.47 Å². The predicted molar refractivity (Wildman–Crippen MR) is 114 cm³/mol. The number of nitrogens with one attached hydrogen (secondary N) is 2. The number of hydrogen-bond acceptors (Lipinski definition) is 6. The Bertz CT molecular complexity index is 1130. The number of fused-ring (bicyclic) bond motifs is 1. The first-order valence-electron chi connectivity index (χ1n) is 11.0. The number of aromatic amines is 1. The Kier molecular flexibility index (Phi) is 5.56. The minimum atomic E-state index is -0.268. The lowest BCUT2D eigenvalue weighted by Gasteiger charge is -2.30. The first-order valence-corrected chi connectivity index (χ1v) is 11.0. The second kappa shape index (κ2) is 8.49. The Balaban J connectivity index is 1.61. The van der Waals surface area contributed by atoms with Gasteiger partial charge in [0.1, 0.15) is 13.1 Å². The Morgan fingerprint density at radius 2 is 2.00 bits per heavy atom. The van der Waals surface area contributed by atoms with Crippen molar-refractivity contribution in [3.05, 3.63) is 51.1 Å². The minimum absolute atomic E-state index is 0.0913. The van der Waals surface area contributed by atoms with Crippen molar-refractivity contribution in [2.24, 2.45) is 0 Å². The largest absolute Gasteiger partial charge is 0.376 e. The number of aromatic nitrogens is 5. The van der Waals surface area contributed by atoms with Crippen molar-refractivity contribution in [1.82, 2.24) is 25.2 Å². The van der Waals surface area contributed by atoms with Gasteiger partial charge in [-0.2, -0.15) is 0 Å². The van der Waals surface area contributed by atoms with E-state index in [9.17, 15) is 4.79 Å². The Morgan fingerprint density at radius 1 is 1.19 bits per heavy atom. The maximum absolute atomic E-state index is 13.3. The highest BCUT2D eigenvalue weighted by molar-refractivity contribution is 5.80. The molecule has 0 unspecified atom stereocenters. The van der Waals surface area contributed by atoms with E-state index in [1.54, 1.807) is 0 Å². The van der Waals surface area contributed by atoms with E-state index < -0.39 is 0 Å². The van der Waals surface area contributed by atoms with Crippen molar-refractivity contribution in [1.29, 1.82) is 0 Å². The fraction of sp³-hybridized carbons (Fsp3) is 0.545. The summed E-state index contributed by atoms with van der Waals surface area (Å²) in [6, 6.07) is 5.91. The molecular weight excluding hydrogens is 396 g/mol. The Morgan fingerprint density at radius 3 is 2.77 bits per heavy atom. The van der Waals surface area contributed by atoms with Crippen molar-refractivity contribution in [3.8, 4) is 0 Å². The Hall–Kier alpha value is -2.62. The summed E-state index contributed by atoms with van der Waals surface area (Å²) in [6.07, 6.45) is 2.18. The molecule has 2 N–H and O–H groups in total. The van der Waals surface area contributed by atoms with Crippen molar-refractivity contribution >= 4 is 10.9 Å². The zero-order chi connectivity index (χ0) is 21.4. The third kappa shape index (κ3) is 4.00. The van der Waals surface area contributed by atoms with Crippen LogP contribution >= 0.6 is 0 Å². The predicted octanol–water partition coefficient (Wildman–Crippen LogP) is 0.315. The molecule has 31 heavy (non-hydrogen) atoms. The molecule has 0 saturated carbocycles. The lowest BCUT2D eigenvalue weighted by Crippen LogP contribution is -3.14. The van der Waals surface area contributed by atoms with Gasteiger partial charge in [0.15, 0.2) is 6.04 Å².